The Morgan fingerprint density at radius 3 is 2.54 bits per heavy atom. The van der Waals surface area contributed by atoms with Gasteiger partial charge >= 0.3 is 12.1 Å². The van der Waals surface area contributed by atoms with E-state index in [0.29, 0.717) is 5.92 Å². The third kappa shape index (κ3) is 6.18. The number of hydrogen-bond donors (Lipinski definition) is 1. The third-order valence-corrected chi connectivity index (χ3v) is 4.18. The molecule has 1 fully saturated rings. The number of nitrogens with zero attached hydrogens (tertiary/aromatic N) is 2. The molecule has 0 aliphatic carbocycles. The van der Waals surface area contributed by atoms with Gasteiger partial charge in [0, 0.05) is 17.8 Å². The van der Waals surface area contributed by atoms with Crippen molar-refractivity contribution in [3.05, 3.63) is 36.7 Å². The summed E-state index contributed by atoms with van der Waals surface area (Å²) in [6, 6.07) is 8.25. The average Bonchev–Trinajstić information content (AvgIpc) is 2.61. The Kier molecular flexibility index (Phi) is 6.79. The van der Waals surface area contributed by atoms with Crippen LogP contribution in [-0.2, 0) is 4.79 Å². The van der Waals surface area contributed by atoms with Gasteiger partial charge in [-0.2, -0.15) is 13.2 Å². The van der Waals surface area contributed by atoms with Gasteiger partial charge in [0.15, 0.2) is 0 Å². The molecule has 1 aromatic heterocycles. The molecule has 0 saturated carbocycles. The van der Waals surface area contributed by atoms with Crippen LogP contribution in [0.4, 0.5) is 13.2 Å². The van der Waals surface area contributed by atoms with Crippen LogP contribution in [0.1, 0.15) is 12.8 Å². The van der Waals surface area contributed by atoms with Crippen LogP contribution >= 0.6 is 0 Å². The molecule has 0 spiro atoms. The number of hydrogen-bond acceptors (Lipinski definition) is 4. The molecule has 2 aromatic rings. The van der Waals surface area contributed by atoms with Gasteiger partial charge in [-0.25, -0.2) is 4.79 Å². The zero-order valence-corrected chi connectivity index (χ0v) is 14.4. The predicted octanol–water partition coefficient (Wildman–Crippen LogP) is 3.59. The van der Waals surface area contributed by atoms with E-state index in [1.165, 1.54) is 31.3 Å². The third-order valence-electron chi connectivity index (χ3n) is 4.18. The molecule has 3 rings (SSSR count). The average molecular weight is 370 g/mol. The number of piperidine rings is 1. The lowest BCUT2D eigenvalue weighted by atomic mass is 9.98. The van der Waals surface area contributed by atoms with E-state index in [9.17, 15) is 13.2 Å². The summed E-state index contributed by atoms with van der Waals surface area (Å²) in [5.74, 6) is -1.09. The van der Waals surface area contributed by atoms with E-state index < -0.39 is 12.1 Å². The molecule has 1 N–H and O–H groups in total. The van der Waals surface area contributed by atoms with Crippen LogP contribution in [0, 0.1) is 5.92 Å². The fourth-order valence-corrected chi connectivity index (χ4v) is 2.59. The van der Waals surface area contributed by atoms with Gasteiger partial charge in [-0.05, 0) is 68.5 Å². The van der Waals surface area contributed by atoms with Crippen molar-refractivity contribution >= 4 is 16.7 Å². The Labute approximate surface area is 149 Å². The number of pyridine rings is 1. The summed E-state index contributed by atoms with van der Waals surface area (Å²) in [6.45, 7) is 3.22. The van der Waals surface area contributed by atoms with Crippen molar-refractivity contribution in [3.63, 3.8) is 0 Å². The smallest absolute Gasteiger partial charge is 0.490 e. The van der Waals surface area contributed by atoms with Crippen LogP contribution in [0.25, 0.3) is 10.8 Å². The van der Waals surface area contributed by atoms with E-state index >= 15 is 0 Å². The van der Waals surface area contributed by atoms with Crippen LogP contribution in [0.15, 0.2) is 36.7 Å². The summed E-state index contributed by atoms with van der Waals surface area (Å²) in [7, 11) is 2.19. The Hall–Kier alpha value is -2.35. The molecule has 2 heterocycles. The molecule has 1 aliphatic heterocycles. The molecule has 1 aromatic carbocycles. The molecule has 8 heteroatoms. The van der Waals surface area contributed by atoms with Crippen molar-refractivity contribution in [1.82, 2.24) is 9.88 Å². The summed E-state index contributed by atoms with van der Waals surface area (Å²) in [6.07, 6.45) is 1.11. The monoisotopic (exact) mass is 370 g/mol. The number of ether oxygens (including phenoxy) is 1. The molecule has 1 aliphatic rings. The molecule has 26 heavy (non-hydrogen) atoms. The predicted molar refractivity (Wildman–Crippen MR) is 91.1 cm³/mol. The van der Waals surface area contributed by atoms with Gasteiger partial charge < -0.3 is 14.7 Å². The number of rotatable bonds is 3. The van der Waals surface area contributed by atoms with Crippen molar-refractivity contribution in [2.75, 3.05) is 26.7 Å². The first-order valence-electron chi connectivity index (χ1n) is 8.21. The standard InChI is InChI=1S/C16H20N2O.C2HF3O2/c1-18-8-5-13(6-9-18)12-19-16-3-2-15-11-17-7-4-14(15)10-16;3-2(4,5)1(6)7/h2-4,7,10-11,13H,5-6,8-9,12H2,1H3;(H,6,7). The number of benzene rings is 1. The van der Waals surface area contributed by atoms with Crippen LogP contribution in [0.2, 0.25) is 0 Å². The number of carbonyl (C=O) groups is 1. The van der Waals surface area contributed by atoms with E-state index in [4.69, 9.17) is 14.6 Å². The zero-order valence-electron chi connectivity index (χ0n) is 14.4. The van der Waals surface area contributed by atoms with Crippen LogP contribution < -0.4 is 4.74 Å². The van der Waals surface area contributed by atoms with Crippen molar-refractivity contribution in [3.8, 4) is 5.75 Å². The van der Waals surface area contributed by atoms with E-state index in [-0.39, 0.29) is 0 Å². The number of alkyl halides is 3. The maximum Gasteiger partial charge on any atom is 0.490 e. The van der Waals surface area contributed by atoms with Crippen molar-refractivity contribution in [2.24, 2.45) is 5.92 Å². The van der Waals surface area contributed by atoms with Crippen LogP contribution in [0.5, 0.6) is 5.75 Å². The minimum atomic E-state index is -5.08. The minimum Gasteiger partial charge on any atom is -0.493 e. The van der Waals surface area contributed by atoms with Crippen molar-refractivity contribution in [2.45, 2.75) is 19.0 Å². The fraction of sp³-hybridized carbons (Fsp3) is 0.444. The van der Waals surface area contributed by atoms with Gasteiger partial charge in [-0.3, -0.25) is 4.98 Å². The highest BCUT2D eigenvalue weighted by atomic mass is 19.4. The van der Waals surface area contributed by atoms with E-state index in [0.717, 1.165) is 17.7 Å². The Morgan fingerprint density at radius 2 is 1.92 bits per heavy atom. The summed E-state index contributed by atoms with van der Waals surface area (Å²) in [4.78, 5) is 15.4. The highest BCUT2D eigenvalue weighted by molar-refractivity contribution is 5.82. The zero-order chi connectivity index (χ0) is 19.2. The van der Waals surface area contributed by atoms with Crippen LogP contribution in [0.3, 0.4) is 0 Å². The highest BCUT2D eigenvalue weighted by Gasteiger charge is 2.38. The fourth-order valence-electron chi connectivity index (χ4n) is 2.59. The summed E-state index contributed by atoms with van der Waals surface area (Å²) < 4.78 is 37.7. The normalized spacial score (nSPS) is 16.0. The lowest BCUT2D eigenvalue weighted by Gasteiger charge is -2.28. The lowest BCUT2D eigenvalue weighted by molar-refractivity contribution is -0.192. The SMILES string of the molecule is CN1CCC(COc2ccc3cnccc3c2)CC1.O=C(O)C(F)(F)F. The number of carboxylic acids is 1. The number of likely N-dealkylation sites (tertiary alicyclic amines) is 1. The van der Waals surface area contributed by atoms with Gasteiger partial charge in [-0.1, -0.05) is 0 Å². The van der Waals surface area contributed by atoms with Gasteiger partial charge in [0.1, 0.15) is 5.75 Å². The number of aliphatic carboxylic acids is 1. The van der Waals surface area contributed by atoms with Gasteiger partial charge in [0.2, 0.25) is 0 Å². The second-order valence-electron chi connectivity index (χ2n) is 6.25. The number of fused-ring (bicyclic) bond motifs is 1. The summed E-state index contributed by atoms with van der Waals surface area (Å²) in [5, 5.41) is 9.48. The largest absolute Gasteiger partial charge is 0.493 e. The topological polar surface area (TPSA) is 62.7 Å². The summed E-state index contributed by atoms with van der Waals surface area (Å²) >= 11 is 0. The Balaban J connectivity index is 0.000000298. The van der Waals surface area contributed by atoms with Crippen LogP contribution in [-0.4, -0.2) is 53.9 Å². The van der Waals surface area contributed by atoms with E-state index in [1.54, 1.807) is 0 Å². The lowest BCUT2D eigenvalue weighted by Crippen LogP contribution is -2.32. The minimum absolute atomic E-state index is 0.698. The van der Waals surface area contributed by atoms with Gasteiger partial charge in [-0.15, -0.1) is 0 Å². The number of carboxylic acid groups (broad SMARTS) is 1. The maximum absolute atomic E-state index is 10.6. The molecular formula is C18H21F3N2O3. The molecule has 5 nitrogen and oxygen atoms in total. The number of halogens is 3. The quantitative estimate of drug-likeness (QED) is 0.895. The maximum atomic E-state index is 10.6. The van der Waals surface area contributed by atoms with Gasteiger partial charge in [0.25, 0.3) is 0 Å². The molecular weight excluding hydrogens is 349 g/mol. The molecule has 0 amide bonds. The second kappa shape index (κ2) is 8.84. The summed E-state index contributed by atoms with van der Waals surface area (Å²) in [5.41, 5.74) is 0. The Bertz CT molecular complexity index is 729. The molecule has 142 valence electrons. The second-order valence-corrected chi connectivity index (χ2v) is 6.25. The first-order chi connectivity index (χ1) is 12.3. The molecule has 0 unspecified atom stereocenters. The van der Waals surface area contributed by atoms with E-state index in [1.807, 2.05) is 24.5 Å². The van der Waals surface area contributed by atoms with E-state index in [2.05, 4.69) is 29.1 Å². The molecule has 0 atom stereocenters. The highest BCUT2D eigenvalue weighted by Crippen LogP contribution is 2.22. The first kappa shape index (κ1) is 20.0. The molecule has 0 radical (unpaired) electrons. The van der Waals surface area contributed by atoms with Crippen molar-refractivity contribution in [1.29, 1.82) is 0 Å². The first-order valence-corrected chi connectivity index (χ1v) is 8.21. The van der Waals surface area contributed by atoms with Gasteiger partial charge in [0.05, 0.1) is 6.61 Å². The Morgan fingerprint density at radius 1 is 1.27 bits per heavy atom. The number of aromatic nitrogens is 1. The van der Waals surface area contributed by atoms with Crippen molar-refractivity contribution < 1.29 is 27.8 Å². The molecule has 0 bridgehead atoms. The molecule has 1 saturated heterocycles.